The first-order valence-corrected chi connectivity index (χ1v) is 7.22. The summed E-state index contributed by atoms with van der Waals surface area (Å²) in [7, 11) is 0. The molecule has 9 heteroatoms. The summed E-state index contributed by atoms with van der Waals surface area (Å²) in [6, 6.07) is 7.14. The third-order valence-corrected chi connectivity index (χ3v) is 3.66. The minimum Gasteiger partial charge on any atom is -0.361 e. The molecule has 26 heavy (non-hydrogen) atoms. The number of rotatable bonds is 2. The third-order valence-electron chi connectivity index (χ3n) is 3.66. The number of fused-ring (bicyclic) bond motifs is 1. The van der Waals surface area contributed by atoms with Gasteiger partial charge in [0.05, 0.1) is 11.1 Å². The van der Waals surface area contributed by atoms with Gasteiger partial charge in [-0.25, -0.2) is 0 Å². The number of aromatic amines is 1. The first-order chi connectivity index (χ1) is 12.0. The van der Waals surface area contributed by atoms with E-state index in [0.29, 0.717) is 17.6 Å². The van der Waals surface area contributed by atoms with Gasteiger partial charge in [0.2, 0.25) is 0 Å². The Kier molecular flexibility index (Phi) is 4.17. The number of carbonyl (C=O) groups is 1. The summed E-state index contributed by atoms with van der Waals surface area (Å²) in [4.78, 5) is 15.1. The largest absolute Gasteiger partial charge is 0.416 e. The second kappa shape index (κ2) is 6.08. The summed E-state index contributed by atoms with van der Waals surface area (Å²) >= 11 is 0. The molecule has 2 N–H and O–H groups in total. The van der Waals surface area contributed by atoms with Crippen LogP contribution in [0.3, 0.4) is 0 Å². The number of hydrogen-bond acceptors (Lipinski definition) is 1. The Labute approximate surface area is 142 Å². The monoisotopic (exact) mass is 372 g/mol. The van der Waals surface area contributed by atoms with Crippen LogP contribution in [0.2, 0.25) is 0 Å². The molecule has 0 bridgehead atoms. The molecule has 1 amide bonds. The van der Waals surface area contributed by atoms with Gasteiger partial charge in [-0.2, -0.15) is 26.3 Å². The van der Waals surface area contributed by atoms with Crippen LogP contribution in [0.15, 0.2) is 48.7 Å². The van der Waals surface area contributed by atoms with Gasteiger partial charge in [0.25, 0.3) is 5.91 Å². The van der Waals surface area contributed by atoms with Crippen molar-refractivity contribution in [3.8, 4) is 0 Å². The van der Waals surface area contributed by atoms with E-state index in [-0.39, 0.29) is 11.6 Å². The molecule has 1 heterocycles. The van der Waals surface area contributed by atoms with Crippen LogP contribution in [0.1, 0.15) is 21.5 Å². The number of nitrogens with one attached hydrogen (secondary N) is 2. The number of hydrogen-bond donors (Lipinski definition) is 2. The Hall–Kier alpha value is -2.97. The highest BCUT2D eigenvalue weighted by Gasteiger charge is 2.37. The minimum absolute atomic E-state index is 0.000636. The van der Waals surface area contributed by atoms with E-state index in [1.54, 1.807) is 18.3 Å². The highest BCUT2D eigenvalue weighted by Crippen LogP contribution is 2.37. The van der Waals surface area contributed by atoms with Crippen molar-refractivity contribution in [3.05, 3.63) is 65.4 Å². The lowest BCUT2D eigenvalue weighted by Crippen LogP contribution is -2.15. The fourth-order valence-electron chi connectivity index (χ4n) is 2.42. The first-order valence-electron chi connectivity index (χ1n) is 7.22. The van der Waals surface area contributed by atoms with E-state index in [1.807, 2.05) is 0 Å². The van der Waals surface area contributed by atoms with Gasteiger partial charge in [-0.05, 0) is 41.8 Å². The van der Waals surface area contributed by atoms with E-state index in [2.05, 4.69) is 10.3 Å². The van der Waals surface area contributed by atoms with Crippen LogP contribution in [-0.2, 0) is 12.4 Å². The number of amides is 1. The summed E-state index contributed by atoms with van der Waals surface area (Å²) in [5.41, 5.74) is -2.89. The van der Waals surface area contributed by atoms with Crippen molar-refractivity contribution in [2.24, 2.45) is 0 Å². The number of alkyl halides is 6. The topological polar surface area (TPSA) is 44.9 Å². The molecule has 0 radical (unpaired) electrons. The van der Waals surface area contributed by atoms with Crippen LogP contribution in [-0.4, -0.2) is 10.9 Å². The van der Waals surface area contributed by atoms with E-state index in [1.165, 1.54) is 12.1 Å². The van der Waals surface area contributed by atoms with E-state index in [9.17, 15) is 31.1 Å². The van der Waals surface area contributed by atoms with E-state index in [0.717, 1.165) is 5.39 Å². The molecule has 3 aromatic rings. The maximum atomic E-state index is 12.9. The van der Waals surface area contributed by atoms with Crippen molar-refractivity contribution >= 4 is 22.5 Å². The normalized spacial score (nSPS) is 12.4. The zero-order chi connectivity index (χ0) is 19.1. The molecule has 136 valence electrons. The molecule has 2 aromatic carbocycles. The van der Waals surface area contributed by atoms with Crippen molar-refractivity contribution in [3.63, 3.8) is 0 Å². The molecule has 3 nitrogen and oxygen atoms in total. The van der Waals surface area contributed by atoms with E-state index >= 15 is 0 Å². The average molecular weight is 372 g/mol. The molecule has 1 aromatic heterocycles. The van der Waals surface area contributed by atoms with Crippen molar-refractivity contribution in [1.29, 1.82) is 0 Å². The highest BCUT2D eigenvalue weighted by atomic mass is 19.4. The molecule has 0 aliphatic heterocycles. The molecule has 0 saturated carbocycles. The molecular formula is C17H10F6N2O. The number of anilines is 1. The zero-order valence-electron chi connectivity index (χ0n) is 12.8. The quantitative estimate of drug-likeness (QED) is 0.577. The number of carbonyl (C=O) groups excluding carboxylic acids is 1. The lowest BCUT2D eigenvalue weighted by molar-refractivity contribution is -0.143. The molecule has 0 saturated heterocycles. The Morgan fingerprint density at radius 1 is 0.846 bits per heavy atom. The molecular weight excluding hydrogens is 362 g/mol. The van der Waals surface area contributed by atoms with E-state index < -0.39 is 35.1 Å². The number of benzene rings is 2. The van der Waals surface area contributed by atoms with Crippen LogP contribution in [0.5, 0.6) is 0 Å². The predicted molar refractivity (Wildman–Crippen MR) is 82.7 cm³/mol. The lowest BCUT2D eigenvalue weighted by atomic mass is 10.1. The Morgan fingerprint density at radius 2 is 1.46 bits per heavy atom. The summed E-state index contributed by atoms with van der Waals surface area (Å²) in [5.74, 6) is -0.825. The molecule has 0 unspecified atom stereocenters. The highest BCUT2D eigenvalue weighted by molar-refractivity contribution is 6.06. The second-order valence-corrected chi connectivity index (χ2v) is 5.53. The number of halogens is 6. The first kappa shape index (κ1) is 17.8. The van der Waals surface area contributed by atoms with E-state index in [4.69, 9.17) is 0 Å². The smallest absolute Gasteiger partial charge is 0.361 e. The summed E-state index contributed by atoms with van der Waals surface area (Å²) in [5, 5.41) is 2.89. The molecule has 0 aliphatic rings. The summed E-state index contributed by atoms with van der Waals surface area (Å²) < 4.78 is 77.1. The number of aromatic nitrogens is 1. The van der Waals surface area contributed by atoms with Crippen molar-refractivity contribution in [2.75, 3.05) is 5.32 Å². The van der Waals surface area contributed by atoms with Gasteiger partial charge in [0, 0.05) is 23.0 Å². The van der Waals surface area contributed by atoms with Crippen molar-refractivity contribution < 1.29 is 31.1 Å². The van der Waals surface area contributed by atoms with Crippen LogP contribution in [0.25, 0.3) is 10.9 Å². The van der Waals surface area contributed by atoms with Crippen LogP contribution in [0, 0.1) is 0 Å². The van der Waals surface area contributed by atoms with Gasteiger partial charge in [0.15, 0.2) is 0 Å². The van der Waals surface area contributed by atoms with Crippen molar-refractivity contribution in [2.45, 2.75) is 12.4 Å². The van der Waals surface area contributed by atoms with Crippen molar-refractivity contribution in [1.82, 2.24) is 4.98 Å². The Morgan fingerprint density at radius 3 is 2.04 bits per heavy atom. The predicted octanol–water partition coefficient (Wildman–Crippen LogP) is 5.46. The Bertz CT molecular complexity index is 939. The number of H-pyrrole nitrogens is 1. The minimum atomic E-state index is -4.98. The van der Waals surface area contributed by atoms with Gasteiger partial charge in [-0.1, -0.05) is 6.07 Å². The van der Waals surface area contributed by atoms with Crippen LogP contribution < -0.4 is 5.32 Å². The second-order valence-electron chi connectivity index (χ2n) is 5.53. The maximum Gasteiger partial charge on any atom is 0.416 e. The van der Waals surface area contributed by atoms with Gasteiger partial charge < -0.3 is 10.3 Å². The fourth-order valence-corrected chi connectivity index (χ4v) is 2.42. The van der Waals surface area contributed by atoms with Gasteiger partial charge >= 0.3 is 12.4 Å². The fraction of sp³-hybridized carbons (Fsp3) is 0.118. The lowest BCUT2D eigenvalue weighted by Gasteiger charge is -2.14. The molecule has 0 fully saturated rings. The molecule has 0 aliphatic carbocycles. The molecule has 0 atom stereocenters. The molecule has 3 rings (SSSR count). The average Bonchev–Trinajstić information content (AvgIpc) is 3.00. The van der Waals surface area contributed by atoms with Gasteiger partial charge in [0.1, 0.15) is 0 Å². The standard InChI is InChI=1S/C17H10F6N2O/c18-16(19,20)11-6-12(17(21,22)23)8-13(7-11)25-15(26)10-2-1-9-3-4-24-14(9)5-10/h1-8,24H,(H,25,26). The maximum absolute atomic E-state index is 12.9. The Balaban J connectivity index is 1.96. The zero-order valence-corrected chi connectivity index (χ0v) is 12.8. The van der Waals surface area contributed by atoms with Crippen LogP contribution >= 0.6 is 0 Å². The van der Waals surface area contributed by atoms with Gasteiger partial charge in [-0.15, -0.1) is 0 Å². The summed E-state index contributed by atoms with van der Waals surface area (Å²) in [6.45, 7) is 0. The SMILES string of the molecule is O=C(Nc1cc(C(F)(F)F)cc(C(F)(F)F)c1)c1ccc2cc[nH]c2c1. The third kappa shape index (κ3) is 3.66. The van der Waals surface area contributed by atoms with Crippen LogP contribution in [0.4, 0.5) is 32.0 Å². The molecule has 0 spiro atoms. The summed E-state index contributed by atoms with van der Waals surface area (Å²) in [6.07, 6.45) is -8.33. The van der Waals surface area contributed by atoms with Gasteiger partial charge in [-0.3, -0.25) is 4.79 Å².